The Balaban J connectivity index is 0.00000106. The fourth-order valence-corrected chi connectivity index (χ4v) is 2.17. The lowest BCUT2D eigenvalue weighted by molar-refractivity contribution is -0.150. The molecule has 1 aliphatic heterocycles. The van der Waals surface area contributed by atoms with Crippen LogP contribution < -0.4 is 0 Å². The van der Waals surface area contributed by atoms with Crippen LogP contribution in [0.5, 0.6) is 0 Å². The number of nitrogens with one attached hydrogen (secondary N) is 1. The number of aromatic nitrogens is 4. The summed E-state index contributed by atoms with van der Waals surface area (Å²) in [5, 5.41) is 13.7. The summed E-state index contributed by atoms with van der Waals surface area (Å²) in [5.74, 6) is -0.294. The van der Waals surface area contributed by atoms with E-state index in [-0.39, 0.29) is 11.8 Å². The minimum Gasteiger partial charge on any atom is -0.326 e. The molecule has 0 aromatic carbocycles. The Morgan fingerprint density at radius 1 is 1.38 bits per heavy atom. The van der Waals surface area contributed by atoms with Crippen molar-refractivity contribution in [3.63, 3.8) is 0 Å². The number of hydrogen-bond donors (Lipinski definition) is 1. The minimum absolute atomic E-state index is 0.233. The molecule has 1 amide bonds. The largest absolute Gasteiger partial charge is 0.326 e. The third-order valence-electron chi connectivity index (χ3n) is 3.87. The lowest BCUT2D eigenvalue weighted by Gasteiger charge is -2.26. The van der Waals surface area contributed by atoms with E-state index >= 15 is 0 Å². The molecule has 1 saturated heterocycles. The van der Waals surface area contributed by atoms with Gasteiger partial charge in [0, 0.05) is 12.0 Å². The van der Waals surface area contributed by atoms with Crippen molar-refractivity contribution in [2.45, 2.75) is 59.9 Å². The molecule has 1 N–H and O–H groups in total. The van der Waals surface area contributed by atoms with Gasteiger partial charge in [-0.15, -0.1) is 10.2 Å². The van der Waals surface area contributed by atoms with Crippen LogP contribution in [0.4, 0.5) is 0 Å². The number of carbonyl (C=O) groups excluding carboxylic acids is 2. The van der Waals surface area contributed by atoms with Crippen LogP contribution in [0.2, 0.25) is 0 Å². The standard InChI is InChI=1S/C12H19N5O2.C2H6/c1-4-12(2,3)9(18)11(19)17-7-5-6-8(17)10-13-15-16-14-10;1-2/h8H,4-7H2,1-3H3,(H,13,14,15,16);1-2H3. The smallest absolute Gasteiger partial charge is 0.291 e. The molecule has 2 rings (SSSR count). The SMILES string of the molecule is CC.CCC(C)(C)C(=O)C(=O)N1CCCC1c1nn[nH]n1. The lowest BCUT2D eigenvalue weighted by Crippen LogP contribution is -2.42. The van der Waals surface area contributed by atoms with Crippen molar-refractivity contribution in [2.24, 2.45) is 5.41 Å². The number of nitrogens with zero attached hydrogens (tertiary/aromatic N) is 4. The zero-order chi connectivity index (χ0) is 16.0. The molecular weight excluding hydrogens is 270 g/mol. The molecule has 2 heterocycles. The molecule has 118 valence electrons. The molecular formula is C14H25N5O2. The molecule has 0 saturated carbocycles. The predicted molar refractivity (Wildman–Crippen MR) is 78.3 cm³/mol. The van der Waals surface area contributed by atoms with Gasteiger partial charge in [0.15, 0.2) is 5.82 Å². The maximum Gasteiger partial charge on any atom is 0.291 e. The van der Waals surface area contributed by atoms with Crippen LogP contribution in [0.25, 0.3) is 0 Å². The van der Waals surface area contributed by atoms with Crippen LogP contribution in [0.1, 0.15) is 65.7 Å². The Morgan fingerprint density at radius 2 is 2.05 bits per heavy atom. The van der Waals surface area contributed by atoms with Gasteiger partial charge in [-0.25, -0.2) is 0 Å². The van der Waals surface area contributed by atoms with E-state index in [1.807, 2.05) is 20.8 Å². The van der Waals surface area contributed by atoms with E-state index in [2.05, 4.69) is 20.6 Å². The van der Waals surface area contributed by atoms with Crippen molar-refractivity contribution < 1.29 is 9.59 Å². The molecule has 1 aromatic heterocycles. The number of rotatable bonds is 4. The number of Topliss-reactive ketones (excluding diaryl/α,β-unsaturated/α-hetero) is 1. The molecule has 1 atom stereocenters. The Kier molecular flexibility index (Phi) is 5.99. The second kappa shape index (κ2) is 7.28. The Hall–Kier alpha value is -1.79. The van der Waals surface area contributed by atoms with Gasteiger partial charge in [0.05, 0.1) is 6.04 Å². The molecule has 0 aliphatic carbocycles. The molecule has 0 bridgehead atoms. The number of ketones is 1. The van der Waals surface area contributed by atoms with Gasteiger partial charge in [-0.2, -0.15) is 5.21 Å². The molecule has 0 spiro atoms. The second-order valence-electron chi connectivity index (χ2n) is 5.49. The number of likely N-dealkylation sites (tertiary alicyclic amines) is 1. The first-order valence-corrected chi connectivity index (χ1v) is 7.56. The molecule has 21 heavy (non-hydrogen) atoms. The highest BCUT2D eigenvalue weighted by Crippen LogP contribution is 2.31. The zero-order valence-corrected chi connectivity index (χ0v) is 13.5. The van der Waals surface area contributed by atoms with Crippen molar-refractivity contribution in [3.05, 3.63) is 5.82 Å². The molecule has 1 aromatic rings. The predicted octanol–water partition coefficient (Wildman–Crippen LogP) is 1.89. The van der Waals surface area contributed by atoms with Gasteiger partial charge in [-0.05, 0) is 19.3 Å². The number of carbonyl (C=O) groups is 2. The summed E-state index contributed by atoms with van der Waals surface area (Å²) in [6, 6.07) is -0.233. The topological polar surface area (TPSA) is 91.8 Å². The molecule has 7 heteroatoms. The summed E-state index contributed by atoms with van der Waals surface area (Å²) in [7, 11) is 0. The minimum atomic E-state index is -0.624. The van der Waals surface area contributed by atoms with Crippen molar-refractivity contribution in [1.29, 1.82) is 0 Å². The van der Waals surface area contributed by atoms with Crippen molar-refractivity contribution >= 4 is 11.7 Å². The first-order valence-electron chi connectivity index (χ1n) is 7.56. The Labute approximate surface area is 125 Å². The lowest BCUT2D eigenvalue weighted by atomic mass is 9.84. The van der Waals surface area contributed by atoms with Crippen LogP contribution in [-0.4, -0.2) is 43.8 Å². The van der Waals surface area contributed by atoms with Crippen LogP contribution in [0.3, 0.4) is 0 Å². The fourth-order valence-electron chi connectivity index (χ4n) is 2.17. The van der Waals surface area contributed by atoms with E-state index in [9.17, 15) is 9.59 Å². The van der Waals surface area contributed by atoms with Gasteiger partial charge < -0.3 is 4.90 Å². The molecule has 1 aliphatic rings. The Morgan fingerprint density at radius 3 is 2.57 bits per heavy atom. The van der Waals surface area contributed by atoms with E-state index in [1.165, 1.54) is 0 Å². The summed E-state index contributed by atoms with van der Waals surface area (Å²) in [6.45, 7) is 10.1. The van der Waals surface area contributed by atoms with Crippen LogP contribution >= 0.6 is 0 Å². The average molecular weight is 295 g/mol. The maximum atomic E-state index is 12.3. The van der Waals surface area contributed by atoms with Crippen molar-refractivity contribution in [2.75, 3.05) is 6.54 Å². The summed E-state index contributed by atoms with van der Waals surface area (Å²) in [5.41, 5.74) is -0.624. The van der Waals surface area contributed by atoms with Gasteiger partial charge in [-0.1, -0.05) is 39.8 Å². The number of tetrazole rings is 1. The normalized spacial score (nSPS) is 18.1. The molecule has 1 unspecified atom stereocenters. The highest BCUT2D eigenvalue weighted by molar-refractivity contribution is 6.38. The number of aromatic amines is 1. The summed E-state index contributed by atoms with van der Waals surface area (Å²) < 4.78 is 0. The van der Waals surface area contributed by atoms with Gasteiger partial charge in [-0.3, -0.25) is 9.59 Å². The summed E-state index contributed by atoms with van der Waals surface area (Å²) in [6.07, 6.45) is 2.26. The van der Waals surface area contributed by atoms with Crippen molar-refractivity contribution in [3.8, 4) is 0 Å². The third-order valence-corrected chi connectivity index (χ3v) is 3.87. The van der Waals surface area contributed by atoms with Crippen LogP contribution in [0.15, 0.2) is 0 Å². The van der Waals surface area contributed by atoms with Gasteiger partial charge in [0.1, 0.15) is 0 Å². The van der Waals surface area contributed by atoms with E-state index in [0.29, 0.717) is 18.8 Å². The van der Waals surface area contributed by atoms with Crippen molar-refractivity contribution in [1.82, 2.24) is 25.5 Å². The molecule has 0 radical (unpaired) electrons. The molecule has 7 nitrogen and oxygen atoms in total. The van der Waals surface area contributed by atoms with E-state index in [4.69, 9.17) is 0 Å². The number of amides is 1. The highest BCUT2D eigenvalue weighted by atomic mass is 16.2. The third kappa shape index (κ3) is 3.65. The first kappa shape index (κ1) is 17.3. The first-order chi connectivity index (χ1) is 9.97. The average Bonchev–Trinajstić information content (AvgIpc) is 3.17. The zero-order valence-electron chi connectivity index (χ0n) is 13.5. The highest BCUT2D eigenvalue weighted by Gasteiger charge is 2.40. The number of H-pyrrole nitrogens is 1. The molecule has 1 fully saturated rings. The van der Waals surface area contributed by atoms with Gasteiger partial charge in [0.2, 0.25) is 5.78 Å². The van der Waals surface area contributed by atoms with Gasteiger partial charge >= 0.3 is 0 Å². The van der Waals surface area contributed by atoms with Crippen LogP contribution in [-0.2, 0) is 9.59 Å². The quantitative estimate of drug-likeness (QED) is 0.856. The summed E-state index contributed by atoms with van der Waals surface area (Å²) >= 11 is 0. The van der Waals surface area contributed by atoms with E-state index < -0.39 is 11.3 Å². The van der Waals surface area contributed by atoms with Gasteiger partial charge in [0.25, 0.3) is 5.91 Å². The number of hydrogen-bond acceptors (Lipinski definition) is 5. The Bertz CT molecular complexity index is 470. The second-order valence-corrected chi connectivity index (χ2v) is 5.49. The van der Waals surface area contributed by atoms with Crippen LogP contribution in [0, 0.1) is 5.41 Å². The summed E-state index contributed by atoms with van der Waals surface area (Å²) in [4.78, 5) is 26.2. The fraction of sp³-hybridized carbons (Fsp3) is 0.786. The van der Waals surface area contributed by atoms with E-state index in [0.717, 1.165) is 12.8 Å². The maximum absolute atomic E-state index is 12.3. The monoisotopic (exact) mass is 295 g/mol. The van der Waals surface area contributed by atoms with E-state index in [1.54, 1.807) is 18.7 Å².